The second-order valence-electron chi connectivity index (χ2n) is 5.29. The molecule has 0 aromatic heterocycles. The molecule has 0 amide bonds. The minimum absolute atomic E-state index is 0.0827. The van der Waals surface area contributed by atoms with Crippen LogP contribution < -0.4 is 5.73 Å². The van der Waals surface area contributed by atoms with Gasteiger partial charge in [-0.1, -0.05) is 24.6 Å². The highest BCUT2D eigenvalue weighted by atomic mass is 35.5. The summed E-state index contributed by atoms with van der Waals surface area (Å²) >= 11 is 6.10. The predicted octanol–water partition coefficient (Wildman–Crippen LogP) is 2.42. The van der Waals surface area contributed by atoms with Gasteiger partial charge in [-0.25, -0.2) is 0 Å². The van der Waals surface area contributed by atoms with E-state index in [0.717, 1.165) is 19.5 Å². The Hall–Kier alpha value is -1.17. The fourth-order valence-corrected chi connectivity index (χ4v) is 2.97. The van der Waals surface area contributed by atoms with Crippen molar-refractivity contribution in [3.63, 3.8) is 0 Å². The van der Waals surface area contributed by atoms with Crippen molar-refractivity contribution in [1.29, 1.82) is 0 Å². The zero-order chi connectivity index (χ0) is 14.0. The van der Waals surface area contributed by atoms with Crippen molar-refractivity contribution in [3.8, 4) is 0 Å². The predicted molar refractivity (Wildman–Crippen MR) is 75.1 cm³/mol. The van der Waals surface area contributed by atoms with E-state index in [1.54, 1.807) is 12.1 Å². The molecule has 1 aliphatic heterocycles. The zero-order valence-corrected chi connectivity index (χ0v) is 11.6. The maximum Gasteiger partial charge on any atom is 0.275 e. The van der Waals surface area contributed by atoms with Gasteiger partial charge in [-0.2, -0.15) is 0 Å². The average molecular weight is 284 g/mol. The van der Waals surface area contributed by atoms with Gasteiger partial charge in [0.1, 0.15) is 0 Å². The van der Waals surface area contributed by atoms with Crippen LogP contribution in [-0.4, -0.2) is 29.0 Å². The van der Waals surface area contributed by atoms with Crippen LogP contribution in [0.2, 0.25) is 5.02 Å². The Morgan fingerprint density at radius 1 is 1.53 bits per heavy atom. The molecule has 6 heteroatoms. The van der Waals surface area contributed by atoms with E-state index in [4.69, 9.17) is 17.3 Å². The van der Waals surface area contributed by atoms with E-state index < -0.39 is 0 Å². The summed E-state index contributed by atoms with van der Waals surface area (Å²) in [6, 6.07) is 4.92. The normalized spacial score (nSPS) is 24.4. The lowest BCUT2D eigenvalue weighted by molar-refractivity contribution is -0.385. The van der Waals surface area contributed by atoms with Crippen molar-refractivity contribution in [2.75, 3.05) is 13.1 Å². The SMILES string of the molecule is CC1CC(N)CN(Cc2c(Cl)cccc2[N+](=O)[O-])C1. The molecule has 2 atom stereocenters. The smallest absolute Gasteiger partial charge is 0.275 e. The molecule has 2 rings (SSSR count). The minimum Gasteiger partial charge on any atom is -0.327 e. The first kappa shape index (κ1) is 14.2. The average Bonchev–Trinajstić information content (AvgIpc) is 2.30. The van der Waals surface area contributed by atoms with E-state index in [0.29, 0.717) is 23.0 Å². The number of nitrogens with zero attached hydrogens (tertiary/aromatic N) is 2. The summed E-state index contributed by atoms with van der Waals surface area (Å²) in [5.41, 5.74) is 6.66. The van der Waals surface area contributed by atoms with Crippen molar-refractivity contribution in [3.05, 3.63) is 38.9 Å². The second-order valence-corrected chi connectivity index (χ2v) is 5.70. The summed E-state index contributed by atoms with van der Waals surface area (Å²) < 4.78 is 0. The largest absolute Gasteiger partial charge is 0.327 e. The van der Waals surface area contributed by atoms with Crippen LogP contribution in [0.3, 0.4) is 0 Å². The number of likely N-dealkylation sites (tertiary alicyclic amines) is 1. The van der Waals surface area contributed by atoms with Crippen molar-refractivity contribution in [1.82, 2.24) is 4.90 Å². The van der Waals surface area contributed by atoms with Gasteiger partial charge in [-0.15, -0.1) is 0 Å². The monoisotopic (exact) mass is 283 g/mol. The van der Waals surface area contributed by atoms with E-state index in [-0.39, 0.29) is 16.7 Å². The van der Waals surface area contributed by atoms with Crippen LogP contribution >= 0.6 is 11.6 Å². The molecule has 0 radical (unpaired) electrons. The third kappa shape index (κ3) is 3.43. The van der Waals surface area contributed by atoms with Crippen LogP contribution in [0.4, 0.5) is 5.69 Å². The van der Waals surface area contributed by atoms with Crippen molar-refractivity contribution in [2.24, 2.45) is 11.7 Å². The summed E-state index contributed by atoms with van der Waals surface area (Å²) in [4.78, 5) is 12.8. The third-order valence-electron chi connectivity index (χ3n) is 3.44. The number of rotatable bonds is 3. The number of hydrogen-bond acceptors (Lipinski definition) is 4. The topological polar surface area (TPSA) is 72.4 Å². The van der Waals surface area contributed by atoms with Gasteiger partial charge in [0.25, 0.3) is 5.69 Å². The van der Waals surface area contributed by atoms with Gasteiger partial charge < -0.3 is 5.73 Å². The number of halogens is 1. The van der Waals surface area contributed by atoms with Crippen LogP contribution in [0.15, 0.2) is 18.2 Å². The molecule has 1 heterocycles. The minimum atomic E-state index is -0.380. The van der Waals surface area contributed by atoms with Gasteiger partial charge in [0.15, 0.2) is 0 Å². The Morgan fingerprint density at radius 2 is 2.26 bits per heavy atom. The number of hydrogen-bond donors (Lipinski definition) is 1. The molecule has 0 aliphatic carbocycles. The van der Waals surface area contributed by atoms with Crippen LogP contribution in [0.5, 0.6) is 0 Å². The Bertz CT molecular complexity index is 471. The molecular formula is C13H18ClN3O2. The highest BCUT2D eigenvalue weighted by Crippen LogP contribution is 2.29. The summed E-state index contributed by atoms with van der Waals surface area (Å²) in [5, 5.41) is 11.5. The van der Waals surface area contributed by atoms with E-state index in [1.807, 2.05) is 0 Å². The molecule has 1 aromatic rings. The maximum absolute atomic E-state index is 11.0. The van der Waals surface area contributed by atoms with Crippen molar-refractivity contribution >= 4 is 17.3 Å². The molecule has 19 heavy (non-hydrogen) atoms. The summed E-state index contributed by atoms with van der Waals surface area (Å²) in [6.07, 6.45) is 1.00. The van der Waals surface area contributed by atoms with E-state index >= 15 is 0 Å². The van der Waals surface area contributed by atoms with E-state index in [9.17, 15) is 10.1 Å². The molecular weight excluding hydrogens is 266 g/mol. The van der Waals surface area contributed by atoms with Crippen LogP contribution in [-0.2, 0) is 6.54 Å². The lowest BCUT2D eigenvalue weighted by atomic mass is 9.96. The third-order valence-corrected chi connectivity index (χ3v) is 3.79. The molecule has 2 N–H and O–H groups in total. The molecule has 5 nitrogen and oxygen atoms in total. The van der Waals surface area contributed by atoms with Crippen molar-refractivity contribution in [2.45, 2.75) is 25.9 Å². The van der Waals surface area contributed by atoms with E-state index in [2.05, 4.69) is 11.8 Å². The summed E-state index contributed by atoms with van der Waals surface area (Å²) in [5.74, 6) is 0.505. The summed E-state index contributed by atoms with van der Waals surface area (Å²) in [7, 11) is 0. The molecule has 1 saturated heterocycles. The Kier molecular flexibility index (Phi) is 4.39. The lowest BCUT2D eigenvalue weighted by Crippen LogP contribution is -2.45. The highest BCUT2D eigenvalue weighted by molar-refractivity contribution is 6.31. The molecule has 1 fully saturated rings. The summed E-state index contributed by atoms with van der Waals surface area (Å²) in [6.45, 7) is 4.28. The zero-order valence-electron chi connectivity index (χ0n) is 10.9. The standard InChI is InChI=1S/C13H18ClN3O2/c1-9-5-10(15)7-16(6-9)8-11-12(14)3-2-4-13(11)17(18)19/h2-4,9-10H,5-8,15H2,1H3. The number of nitro groups is 1. The van der Waals surface area contributed by atoms with Crippen LogP contribution in [0.25, 0.3) is 0 Å². The molecule has 0 bridgehead atoms. The molecule has 0 saturated carbocycles. The van der Waals surface area contributed by atoms with Crippen LogP contribution in [0, 0.1) is 16.0 Å². The first-order valence-electron chi connectivity index (χ1n) is 6.37. The van der Waals surface area contributed by atoms with E-state index in [1.165, 1.54) is 6.07 Å². The fourth-order valence-electron chi connectivity index (χ4n) is 2.74. The van der Waals surface area contributed by atoms with Gasteiger partial charge >= 0.3 is 0 Å². The maximum atomic E-state index is 11.0. The van der Waals surface area contributed by atoms with Gasteiger partial charge in [0.2, 0.25) is 0 Å². The first-order chi connectivity index (χ1) is 8.97. The molecule has 1 aromatic carbocycles. The fraction of sp³-hybridized carbons (Fsp3) is 0.538. The van der Waals surface area contributed by atoms with Gasteiger partial charge in [-0.05, 0) is 18.4 Å². The van der Waals surface area contributed by atoms with Gasteiger partial charge in [0, 0.05) is 31.7 Å². The Morgan fingerprint density at radius 3 is 2.89 bits per heavy atom. The van der Waals surface area contributed by atoms with Gasteiger partial charge in [0.05, 0.1) is 15.5 Å². The van der Waals surface area contributed by atoms with Gasteiger partial charge in [-0.3, -0.25) is 15.0 Å². The van der Waals surface area contributed by atoms with Crippen LogP contribution in [0.1, 0.15) is 18.9 Å². The number of nitro benzene ring substituents is 1. The molecule has 1 aliphatic rings. The Balaban J connectivity index is 2.21. The number of nitrogens with two attached hydrogens (primary N) is 1. The number of piperidine rings is 1. The number of benzene rings is 1. The highest BCUT2D eigenvalue weighted by Gasteiger charge is 2.25. The molecule has 2 unspecified atom stereocenters. The lowest BCUT2D eigenvalue weighted by Gasteiger charge is -2.34. The Labute approximate surface area is 117 Å². The first-order valence-corrected chi connectivity index (χ1v) is 6.75. The van der Waals surface area contributed by atoms with Crippen molar-refractivity contribution < 1.29 is 4.92 Å². The quantitative estimate of drug-likeness (QED) is 0.683. The molecule has 0 spiro atoms. The second kappa shape index (κ2) is 5.86. The molecule has 104 valence electrons.